The Morgan fingerprint density at radius 2 is 1.91 bits per heavy atom. The summed E-state index contributed by atoms with van der Waals surface area (Å²) >= 11 is 11.8. The molecule has 3 nitrogen and oxygen atoms in total. The third-order valence-corrected chi connectivity index (χ3v) is 3.72. The van der Waals surface area contributed by atoms with Gasteiger partial charge in [-0.05, 0) is 25.1 Å². The van der Waals surface area contributed by atoms with Crippen molar-refractivity contribution in [3.05, 3.63) is 68.1 Å². The Hall–Kier alpha value is -1.98. The van der Waals surface area contributed by atoms with E-state index in [1.807, 2.05) is 0 Å². The van der Waals surface area contributed by atoms with Crippen molar-refractivity contribution < 1.29 is 8.78 Å². The molecule has 0 bridgehead atoms. The molecule has 112 valence electrons. The minimum absolute atomic E-state index is 0.0917. The molecule has 0 N–H and O–H groups in total. The van der Waals surface area contributed by atoms with Crippen LogP contribution in [0.25, 0.3) is 16.7 Å². The summed E-state index contributed by atoms with van der Waals surface area (Å²) in [6.07, 6.45) is 1.40. The zero-order chi connectivity index (χ0) is 16.0. The molecular weight excluding hydrogens is 333 g/mol. The van der Waals surface area contributed by atoms with Crippen molar-refractivity contribution >= 4 is 34.2 Å². The number of benzene rings is 1. The number of rotatable bonds is 1. The van der Waals surface area contributed by atoms with Crippen LogP contribution in [-0.2, 0) is 0 Å². The molecule has 1 aromatic carbocycles. The minimum atomic E-state index is -0.865. The standard InChI is InChI=1S/C15H8Cl2F2N2O/c1-7-6-21(13-10(16)4-8(18)5-11(13)19)15-9(14(7)22)2-3-12(17)20-15/h2-6H,1H3. The number of halogens is 4. The maximum atomic E-state index is 14.2. The predicted molar refractivity (Wildman–Crippen MR) is 82.0 cm³/mol. The summed E-state index contributed by atoms with van der Waals surface area (Å²) in [6, 6.07) is 4.68. The molecule has 7 heteroatoms. The van der Waals surface area contributed by atoms with E-state index in [4.69, 9.17) is 23.2 Å². The molecule has 0 aliphatic rings. The van der Waals surface area contributed by atoms with Gasteiger partial charge in [0.2, 0.25) is 0 Å². The molecule has 0 aliphatic heterocycles. The van der Waals surface area contributed by atoms with Gasteiger partial charge in [-0.3, -0.25) is 9.36 Å². The summed E-state index contributed by atoms with van der Waals surface area (Å²) in [7, 11) is 0. The fourth-order valence-corrected chi connectivity index (χ4v) is 2.68. The van der Waals surface area contributed by atoms with E-state index < -0.39 is 11.6 Å². The number of aromatic nitrogens is 2. The molecule has 0 amide bonds. The van der Waals surface area contributed by atoms with Gasteiger partial charge in [0.1, 0.15) is 22.3 Å². The van der Waals surface area contributed by atoms with Gasteiger partial charge in [-0.25, -0.2) is 13.8 Å². The van der Waals surface area contributed by atoms with Crippen molar-refractivity contribution in [3.63, 3.8) is 0 Å². The lowest BCUT2D eigenvalue weighted by Gasteiger charge is -2.14. The third kappa shape index (κ3) is 2.36. The molecular formula is C15H8Cl2F2N2O. The summed E-state index contributed by atoms with van der Waals surface area (Å²) < 4.78 is 28.7. The van der Waals surface area contributed by atoms with E-state index in [1.54, 1.807) is 6.92 Å². The Labute approximate surface area is 133 Å². The second-order valence-corrected chi connectivity index (χ2v) is 5.53. The van der Waals surface area contributed by atoms with E-state index in [9.17, 15) is 13.6 Å². The highest BCUT2D eigenvalue weighted by atomic mass is 35.5. The summed E-state index contributed by atoms with van der Waals surface area (Å²) in [5, 5.41) is 0.274. The molecule has 0 fully saturated rings. The van der Waals surface area contributed by atoms with Gasteiger partial charge in [0.15, 0.2) is 11.2 Å². The van der Waals surface area contributed by atoms with Crippen molar-refractivity contribution in [1.82, 2.24) is 9.55 Å². The minimum Gasteiger partial charge on any atom is -0.297 e. The number of aryl methyl sites for hydroxylation is 1. The molecule has 22 heavy (non-hydrogen) atoms. The lowest BCUT2D eigenvalue weighted by molar-refractivity contribution is 0.578. The van der Waals surface area contributed by atoms with Gasteiger partial charge in [-0.2, -0.15) is 0 Å². The highest BCUT2D eigenvalue weighted by molar-refractivity contribution is 6.32. The van der Waals surface area contributed by atoms with Crippen LogP contribution in [0.2, 0.25) is 10.2 Å². The van der Waals surface area contributed by atoms with Crippen molar-refractivity contribution in [2.24, 2.45) is 0 Å². The summed E-state index contributed by atoms with van der Waals surface area (Å²) in [6.45, 7) is 1.59. The van der Waals surface area contributed by atoms with Crippen molar-refractivity contribution in [1.29, 1.82) is 0 Å². The Bertz CT molecular complexity index is 947. The van der Waals surface area contributed by atoms with Gasteiger partial charge in [0.25, 0.3) is 0 Å². The molecule has 0 saturated carbocycles. The molecule has 2 aromatic heterocycles. The van der Waals surface area contributed by atoms with Crippen molar-refractivity contribution in [2.45, 2.75) is 6.92 Å². The van der Waals surface area contributed by atoms with Crippen LogP contribution < -0.4 is 5.43 Å². The lowest BCUT2D eigenvalue weighted by Crippen LogP contribution is -2.13. The van der Waals surface area contributed by atoms with Crippen LogP contribution in [0, 0.1) is 18.6 Å². The first-order chi connectivity index (χ1) is 10.4. The predicted octanol–water partition coefficient (Wildman–Crippen LogP) is 4.28. The third-order valence-electron chi connectivity index (χ3n) is 3.22. The summed E-state index contributed by atoms with van der Waals surface area (Å²) in [4.78, 5) is 16.2. The topological polar surface area (TPSA) is 34.9 Å². The fourth-order valence-electron chi connectivity index (χ4n) is 2.25. The number of pyridine rings is 2. The van der Waals surface area contributed by atoms with Gasteiger partial charge < -0.3 is 0 Å². The van der Waals surface area contributed by atoms with E-state index in [-0.39, 0.29) is 32.3 Å². The van der Waals surface area contributed by atoms with Crippen LogP contribution in [0.3, 0.4) is 0 Å². The fraction of sp³-hybridized carbons (Fsp3) is 0.0667. The average molecular weight is 341 g/mol. The number of hydrogen-bond acceptors (Lipinski definition) is 2. The van der Waals surface area contributed by atoms with E-state index in [1.165, 1.54) is 22.9 Å². The van der Waals surface area contributed by atoms with Crippen LogP contribution in [0.15, 0.2) is 35.3 Å². The van der Waals surface area contributed by atoms with E-state index >= 15 is 0 Å². The molecule has 0 spiro atoms. The molecule has 0 unspecified atom stereocenters. The van der Waals surface area contributed by atoms with Crippen LogP contribution in [0.5, 0.6) is 0 Å². The normalized spacial score (nSPS) is 11.1. The molecule has 3 aromatic rings. The SMILES string of the molecule is Cc1cn(-c2c(F)cc(F)cc2Cl)c2nc(Cl)ccc2c1=O. The smallest absolute Gasteiger partial charge is 0.193 e. The van der Waals surface area contributed by atoms with Gasteiger partial charge in [0, 0.05) is 17.8 Å². The Morgan fingerprint density at radius 3 is 2.59 bits per heavy atom. The highest BCUT2D eigenvalue weighted by Crippen LogP contribution is 2.27. The molecule has 0 aliphatic carbocycles. The first-order valence-corrected chi connectivity index (χ1v) is 6.97. The Kier molecular flexibility index (Phi) is 3.62. The number of fused-ring (bicyclic) bond motifs is 1. The highest BCUT2D eigenvalue weighted by Gasteiger charge is 2.16. The van der Waals surface area contributed by atoms with Gasteiger partial charge >= 0.3 is 0 Å². The van der Waals surface area contributed by atoms with Crippen LogP contribution >= 0.6 is 23.2 Å². The maximum Gasteiger partial charge on any atom is 0.193 e. The van der Waals surface area contributed by atoms with E-state index in [2.05, 4.69) is 4.98 Å². The quantitative estimate of drug-likeness (QED) is 0.619. The largest absolute Gasteiger partial charge is 0.297 e. The Morgan fingerprint density at radius 1 is 1.18 bits per heavy atom. The van der Waals surface area contributed by atoms with Crippen LogP contribution in [0.1, 0.15) is 5.56 Å². The average Bonchev–Trinajstić information content (AvgIpc) is 2.43. The van der Waals surface area contributed by atoms with Gasteiger partial charge in [-0.1, -0.05) is 23.2 Å². The zero-order valence-corrected chi connectivity index (χ0v) is 12.7. The lowest BCUT2D eigenvalue weighted by atomic mass is 10.2. The first kappa shape index (κ1) is 14.9. The second kappa shape index (κ2) is 5.34. The van der Waals surface area contributed by atoms with Gasteiger partial charge in [0.05, 0.1) is 10.4 Å². The van der Waals surface area contributed by atoms with Crippen molar-refractivity contribution in [2.75, 3.05) is 0 Å². The first-order valence-electron chi connectivity index (χ1n) is 6.22. The van der Waals surface area contributed by atoms with E-state index in [0.29, 0.717) is 11.6 Å². The monoisotopic (exact) mass is 340 g/mol. The number of hydrogen-bond donors (Lipinski definition) is 0. The number of nitrogens with zero attached hydrogens (tertiary/aromatic N) is 2. The van der Waals surface area contributed by atoms with Gasteiger partial charge in [-0.15, -0.1) is 0 Å². The Balaban J connectivity index is 2.49. The summed E-state index contributed by atoms with van der Waals surface area (Å²) in [5.41, 5.74) is 0.187. The second-order valence-electron chi connectivity index (χ2n) is 4.73. The van der Waals surface area contributed by atoms with Crippen LogP contribution in [0.4, 0.5) is 8.78 Å². The molecule has 2 heterocycles. The summed E-state index contributed by atoms with van der Waals surface area (Å²) in [5.74, 6) is -1.66. The molecule has 3 rings (SSSR count). The van der Waals surface area contributed by atoms with E-state index in [0.717, 1.165) is 6.07 Å². The molecule has 0 atom stereocenters. The van der Waals surface area contributed by atoms with Crippen LogP contribution in [-0.4, -0.2) is 9.55 Å². The molecule has 0 saturated heterocycles. The zero-order valence-electron chi connectivity index (χ0n) is 11.2. The molecule has 0 radical (unpaired) electrons. The van der Waals surface area contributed by atoms with Crippen molar-refractivity contribution in [3.8, 4) is 5.69 Å². The maximum absolute atomic E-state index is 14.2.